The number of aliphatic hydroxyl groups is 1. The summed E-state index contributed by atoms with van der Waals surface area (Å²) in [6, 6.07) is 0. The highest BCUT2D eigenvalue weighted by molar-refractivity contribution is 5.75. The van der Waals surface area contributed by atoms with Crippen LogP contribution < -0.4 is 0 Å². The molecule has 132 valence electrons. The number of unbranched alkanes of at least 4 members (excludes halogenated alkanes) is 2. The molecule has 0 aliphatic rings. The average Bonchev–Trinajstić information content (AvgIpc) is 2.54. The first kappa shape index (κ1) is 32.4. The van der Waals surface area contributed by atoms with Crippen LogP contribution in [0.25, 0.3) is 0 Å². The molecule has 0 aromatic rings. The molecule has 0 aliphatic carbocycles. The van der Waals surface area contributed by atoms with Crippen LogP contribution in [0.1, 0.15) is 101 Å². The first-order valence-electron chi connectivity index (χ1n) is 8.85. The second-order valence-corrected chi connectivity index (χ2v) is 3.82. The fourth-order valence-corrected chi connectivity index (χ4v) is 1.06. The summed E-state index contributed by atoms with van der Waals surface area (Å²) in [5.74, 6) is 0.318. The Labute approximate surface area is 136 Å². The van der Waals surface area contributed by atoms with E-state index in [9.17, 15) is 4.79 Å². The van der Waals surface area contributed by atoms with Gasteiger partial charge in [0.1, 0.15) is 5.78 Å². The minimum Gasteiger partial charge on any atom is -0.392 e. The van der Waals surface area contributed by atoms with Gasteiger partial charge in [0.2, 0.25) is 0 Å². The van der Waals surface area contributed by atoms with Gasteiger partial charge in [0.25, 0.3) is 0 Å². The Morgan fingerprint density at radius 2 is 1.29 bits per heavy atom. The number of ketones is 1. The third-order valence-electron chi connectivity index (χ3n) is 1.96. The summed E-state index contributed by atoms with van der Waals surface area (Å²) >= 11 is 0. The van der Waals surface area contributed by atoms with Crippen molar-refractivity contribution in [2.75, 3.05) is 6.61 Å². The van der Waals surface area contributed by atoms with Gasteiger partial charge >= 0.3 is 0 Å². The Morgan fingerprint density at radius 3 is 1.48 bits per heavy atom. The van der Waals surface area contributed by atoms with Gasteiger partial charge < -0.3 is 9.90 Å². The van der Waals surface area contributed by atoms with Gasteiger partial charge in [-0.25, -0.2) is 0 Å². The number of Topliss-reactive ketones (excluding diaryl/α,β-unsaturated/α-hetero) is 1. The van der Waals surface area contributed by atoms with E-state index in [2.05, 4.69) is 20.4 Å². The van der Waals surface area contributed by atoms with Gasteiger partial charge in [-0.15, -0.1) is 0 Å². The first-order valence-corrected chi connectivity index (χ1v) is 8.85. The maximum Gasteiger partial charge on any atom is 0.129 e. The monoisotopic (exact) mass is 304 g/mol. The van der Waals surface area contributed by atoms with Crippen LogP contribution in [0.4, 0.5) is 0 Å². The topological polar surface area (TPSA) is 37.3 Å². The third-order valence-corrected chi connectivity index (χ3v) is 1.96. The van der Waals surface area contributed by atoms with Crippen molar-refractivity contribution in [3.05, 3.63) is 12.2 Å². The van der Waals surface area contributed by atoms with Crippen molar-refractivity contribution in [3.63, 3.8) is 0 Å². The molecule has 0 heterocycles. The van der Waals surface area contributed by atoms with Gasteiger partial charge in [0, 0.05) is 6.42 Å². The third kappa shape index (κ3) is 66.6. The molecule has 0 aromatic heterocycles. The molecule has 0 atom stereocenters. The zero-order chi connectivity index (χ0) is 18.1. The summed E-state index contributed by atoms with van der Waals surface area (Å²) < 4.78 is 0. The first-order chi connectivity index (χ1) is 10.1. The Hall–Kier alpha value is -0.630. The van der Waals surface area contributed by atoms with Crippen molar-refractivity contribution in [1.82, 2.24) is 0 Å². The molecule has 0 saturated carbocycles. The van der Waals surface area contributed by atoms with E-state index in [1.165, 1.54) is 12.8 Å². The molecule has 0 amide bonds. The van der Waals surface area contributed by atoms with Gasteiger partial charge in [-0.3, -0.25) is 0 Å². The SMILES string of the molecule is C=C(CO)CCC.CC.CC.CC.CCCCCC(C)=O. The van der Waals surface area contributed by atoms with Crippen LogP contribution in [0.2, 0.25) is 0 Å². The smallest absolute Gasteiger partial charge is 0.129 e. The lowest BCUT2D eigenvalue weighted by atomic mass is 10.2. The Kier molecular flexibility index (Phi) is 65.8. The number of aliphatic hydroxyl groups excluding tert-OH is 1. The lowest BCUT2D eigenvalue weighted by Crippen LogP contribution is -1.87. The maximum absolute atomic E-state index is 10.3. The molecule has 0 saturated heterocycles. The summed E-state index contributed by atoms with van der Waals surface area (Å²) in [5.41, 5.74) is 0.933. The minimum atomic E-state index is 0.147. The molecule has 2 nitrogen and oxygen atoms in total. The highest BCUT2D eigenvalue weighted by Crippen LogP contribution is 1.98. The highest BCUT2D eigenvalue weighted by atomic mass is 16.3. The molecule has 0 spiro atoms. The maximum atomic E-state index is 10.3. The molecule has 21 heavy (non-hydrogen) atoms. The van der Waals surface area contributed by atoms with Crippen LogP contribution in [0.15, 0.2) is 12.2 Å². The van der Waals surface area contributed by atoms with E-state index < -0.39 is 0 Å². The van der Waals surface area contributed by atoms with Gasteiger partial charge in [-0.05, 0) is 19.8 Å². The molecule has 0 unspecified atom stereocenters. The molecule has 0 aromatic carbocycles. The highest BCUT2D eigenvalue weighted by Gasteiger charge is 1.89. The zero-order valence-corrected chi connectivity index (χ0v) is 16.5. The molecule has 0 aliphatic heterocycles. The molecular weight excluding hydrogens is 260 g/mol. The van der Waals surface area contributed by atoms with Crippen LogP contribution in [0.3, 0.4) is 0 Å². The molecule has 2 heteroatoms. The quantitative estimate of drug-likeness (QED) is 0.426. The summed E-state index contributed by atoms with van der Waals surface area (Å²) in [6.07, 6.45) is 6.28. The lowest BCUT2D eigenvalue weighted by molar-refractivity contribution is -0.117. The van der Waals surface area contributed by atoms with Crippen molar-refractivity contribution in [3.8, 4) is 0 Å². The van der Waals surface area contributed by atoms with E-state index in [0.717, 1.165) is 31.3 Å². The van der Waals surface area contributed by atoms with Gasteiger partial charge in [-0.1, -0.05) is 86.8 Å². The molecule has 0 bridgehead atoms. The largest absolute Gasteiger partial charge is 0.392 e. The van der Waals surface area contributed by atoms with Crippen LogP contribution in [-0.2, 0) is 4.79 Å². The number of hydrogen-bond acceptors (Lipinski definition) is 2. The van der Waals surface area contributed by atoms with Crippen LogP contribution in [0, 0.1) is 0 Å². The summed E-state index contributed by atoms with van der Waals surface area (Å²) in [6.45, 7) is 21.6. The van der Waals surface area contributed by atoms with E-state index in [4.69, 9.17) is 5.11 Å². The van der Waals surface area contributed by atoms with E-state index in [1.54, 1.807) is 6.92 Å². The van der Waals surface area contributed by atoms with E-state index in [1.807, 2.05) is 41.5 Å². The van der Waals surface area contributed by atoms with Gasteiger partial charge in [-0.2, -0.15) is 0 Å². The Morgan fingerprint density at radius 1 is 0.857 bits per heavy atom. The van der Waals surface area contributed by atoms with Crippen LogP contribution in [-0.4, -0.2) is 17.5 Å². The molecule has 0 fully saturated rings. The minimum absolute atomic E-state index is 0.147. The fourth-order valence-electron chi connectivity index (χ4n) is 1.06. The molecule has 1 N–H and O–H groups in total. The Bertz CT molecular complexity index is 163. The van der Waals surface area contributed by atoms with Crippen molar-refractivity contribution < 1.29 is 9.90 Å². The zero-order valence-electron chi connectivity index (χ0n) is 16.5. The van der Waals surface area contributed by atoms with E-state index >= 15 is 0 Å². The fraction of sp³-hybridized carbons (Fsp3) is 0.842. The number of carbonyl (C=O) groups is 1. The second kappa shape index (κ2) is 42.7. The molecule has 0 rings (SSSR count). The van der Waals surface area contributed by atoms with Crippen LogP contribution >= 0.6 is 0 Å². The standard InChI is InChI=1S/C7H14O.C6H12O.3C2H6/c1-3-4-5-6-7(2)8;1-3-4-6(2)5-7;3*1-2/h3-6H2,1-2H3;7H,2-5H2,1H3;3*1-2H3. The number of rotatable bonds is 7. The second-order valence-electron chi connectivity index (χ2n) is 3.82. The van der Waals surface area contributed by atoms with Gasteiger partial charge in [0.05, 0.1) is 6.61 Å². The predicted octanol–water partition coefficient (Wildman–Crippen LogP) is 6.57. The number of carbonyl (C=O) groups excluding carboxylic acids is 1. The molecule has 0 radical (unpaired) electrons. The molecular formula is C19H44O2. The van der Waals surface area contributed by atoms with E-state index in [0.29, 0.717) is 5.78 Å². The lowest BCUT2D eigenvalue weighted by Gasteiger charge is -1.93. The van der Waals surface area contributed by atoms with Crippen molar-refractivity contribution >= 4 is 5.78 Å². The normalized spacial score (nSPS) is 7.33. The van der Waals surface area contributed by atoms with Crippen molar-refractivity contribution in [2.45, 2.75) is 101 Å². The average molecular weight is 305 g/mol. The number of hydrogen-bond donors (Lipinski definition) is 1. The Balaban J connectivity index is -0.0000000600. The summed E-state index contributed by atoms with van der Waals surface area (Å²) in [5, 5.41) is 8.37. The predicted molar refractivity (Wildman–Crippen MR) is 100 cm³/mol. The van der Waals surface area contributed by atoms with Crippen molar-refractivity contribution in [1.29, 1.82) is 0 Å². The summed E-state index contributed by atoms with van der Waals surface area (Å²) in [7, 11) is 0. The van der Waals surface area contributed by atoms with Crippen LogP contribution in [0.5, 0.6) is 0 Å². The van der Waals surface area contributed by atoms with Gasteiger partial charge in [0.15, 0.2) is 0 Å². The van der Waals surface area contributed by atoms with Crippen molar-refractivity contribution in [2.24, 2.45) is 0 Å². The van der Waals surface area contributed by atoms with E-state index in [-0.39, 0.29) is 6.61 Å². The summed E-state index contributed by atoms with van der Waals surface area (Å²) in [4.78, 5) is 10.3.